The first-order valence-corrected chi connectivity index (χ1v) is 3.15. The van der Waals surface area contributed by atoms with Gasteiger partial charge in [-0.1, -0.05) is 0 Å². The van der Waals surface area contributed by atoms with Gasteiger partial charge in [-0.3, -0.25) is 4.79 Å². The molecule has 0 amide bonds. The average Bonchev–Trinajstić information content (AvgIpc) is 2.04. The highest BCUT2D eigenvalue weighted by molar-refractivity contribution is 7.10. The summed E-state index contributed by atoms with van der Waals surface area (Å²) in [6, 6.07) is 2.86. The summed E-state index contributed by atoms with van der Waals surface area (Å²) in [5.74, 6) is -0.201. The number of hydrogen-bond acceptors (Lipinski definition) is 4. The fourth-order valence-electron chi connectivity index (χ4n) is 0.594. The Morgan fingerprint density at radius 1 is 1.73 bits per heavy atom. The fourth-order valence-corrected chi connectivity index (χ4v) is 0.817. The minimum absolute atomic E-state index is 0.0833. The van der Waals surface area contributed by atoms with Gasteiger partial charge in [-0.15, -0.1) is 0 Å². The standard InChI is InChI=1S/C6H4NO3P/c7-3-5-6(10-11)4(8)1-2-9-5/h1-2H,11H2. The SMILES string of the molecule is N#Cc1occc(=O)c1OP. The second kappa shape index (κ2) is 3.18. The molecule has 0 N–H and O–H groups in total. The molecule has 11 heavy (non-hydrogen) atoms. The first kappa shape index (κ1) is 7.77. The molecule has 1 aromatic rings. The second-order valence-electron chi connectivity index (χ2n) is 1.67. The van der Waals surface area contributed by atoms with E-state index in [1.54, 1.807) is 6.07 Å². The minimum atomic E-state index is -0.372. The van der Waals surface area contributed by atoms with Crippen molar-refractivity contribution >= 4 is 9.47 Å². The minimum Gasteiger partial charge on any atom is -0.472 e. The van der Waals surface area contributed by atoms with E-state index in [1.165, 1.54) is 6.07 Å². The maximum Gasteiger partial charge on any atom is 0.249 e. The maximum atomic E-state index is 10.9. The molecule has 4 nitrogen and oxygen atoms in total. The van der Waals surface area contributed by atoms with Gasteiger partial charge in [0.25, 0.3) is 0 Å². The normalized spacial score (nSPS) is 8.73. The Morgan fingerprint density at radius 2 is 2.45 bits per heavy atom. The lowest BCUT2D eigenvalue weighted by atomic mass is 10.4. The summed E-state index contributed by atoms with van der Waals surface area (Å²) in [6.07, 6.45) is 1.15. The molecule has 0 aliphatic rings. The van der Waals surface area contributed by atoms with E-state index in [4.69, 9.17) is 5.26 Å². The van der Waals surface area contributed by atoms with Crippen LogP contribution in [0.2, 0.25) is 0 Å². The molecule has 56 valence electrons. The van der Waals surface area contributed by atoms with Crippen molar-refractivity contribution in [2.45, 2.75) is 0 Å². The summed E-state index contributed by atoms with van der Waals surface area (Å²) in [6.45, 7) is 0. The lowest BCUT2D eigenvalue weighted by Gasteiger charge is -1.96. The van der Waals surface area contributed by atoms with Gasteiger partial charge >= 0.3 is 0 Å². The van der Waals surface area contributed by atoms with Crippen LogP contribution in [0.15, 0.2) is 21.5 Å². The van der Waals surface area contributed by atoms with E-state index >= 15 is 0 Å². The summed E-state index contributed by atoms with van der Waals surface area (Å²) < 4.78 is 9.23. The Kier molecular flexibility index (Phi) is 2.25. The van der Waals surface area contributed by atoms with E-state index in [2.05, 4.69) is 8.94 Å². The molecule has 0 saturated heterocycles. The van der Waals surface area contributed by atoms with E-state index in [0.29, 0.717) is 0 Å². The van der Waals surface area contributed by atoms with Crippen molar-refractivity contribution in [1.82, 2.24) is 0 Å². The Morgan fingerprint density at radius 3 is 2.91 bits per heavy atom. The Labute approximate surface area is 64.7 Å². The van der Waals surface area contributed by atoms with Gasteiger partial charge < -0.3 is 8.94 Å². The molecule has 0 saturated carbocycles. The third-order valence-electron chi connectivity index (χ3n) is 1.05. The molecule has 1 rings (SSSR count). The van der Waals surface area contributed by atoms with Crippen LogP contribution in [0.5, 0.6) is 5.75 Å². The van der Waals surface area contributed by atoms with E-state index in [-0.39, 0.29) is 16.9 Å². The van der Waals surface area contributed by atoms with Crippen molar-refractivity contribution in [3.63, 3.8) is 0 Å². The van der Waals surface area contributed by atoms with Gasteiger partial charge in [0, 0.05) is 6.07 Å². The van der Waals surface area contributed by atoms with Crippen molar-refractivity contribution in [3.05, 3.63) is 28.3 Å². The molecule has 1 atom stereocenters. The third kappa shape index (κ3) is 1.39. The Bertz CT molecular complexity index is 352. The first-order valence-electron chi connectivity index (χ1n) is 2.68. The van der Waals surface area contributed by atoms with Crippen molar-refractivity contribution in [2.24, 2.45) is 0 Å². The van der Waals surface area contributed by atoms with Crippen LogP contribution < -0.4 is 9.95 Å². The van der Waals surface area contributed by atoms with Crippen molar-refractivity contribution in [2.75, 3.05) is 0 Å². The van der Waals surface area contributed by atoms with Crippen molar-refractivity contribution < 1.29 is 8.94 Å². The smallest absolute Gasteiger partial charge is 0.249 e. The second-order valence-corrected chi connectivity index (χ2v) is 1.91. The lowest BCUT2D eigenvalue weighted by Crippen LogP contribution is -2.01. The monoisotopic (exact) mass is 169 g/mol. The molecular weight excluding hydrogens is 165 g/mol. The summed E-state index contributed by atoms with van der Waals surface area (Å²) in [4.78, 5) is 10.9. The van der Waals surface area contributed by atoms with Crippen LogP contribution in [-0.4, -0.2) is 0 Å². The largest absolute Gasteiger partial charge is 0.472 e. The van der Waals surface area contributed by atoms with Crippen molar-refractivity contribution in [3.8, 4) is 11.8 Å². The van der Waals surface area contributed by atoms with Crippen LogP contribution in [0.25, 0.3) is 0 Å². The molecule has 5 heteroatoms. The van der Waals surface area contributed by atoms with E-state index in [0.717, 1.165) is 6.26 Å². The van der Waals surface area contributed by atoms with Gasteiger partial charge in [-0.05, 0) is 0 Å². The highest BCUT2D eigenvalue weighted by Gasteiger charge is 2.07. The quantitative estimate of drug-likeness (QED) is 0.580. The molecule has 0 spiro atoms. The van der Waals surface area contributed by atoms with Crippen LogP contribution in [0.1, 0.15) is 5.76 Å². The summed E-state index contributed by atoms with van der Waals surface area (Å²) in [7, 11) is 1.88. The molecular formula is C6H4NO3P. The van der Waals surface area contributed by atoms with Crippen LogP contribution in [0.4, 0.5) is 0 Å². The fraction of sp³-hybridized carbons (Fsp3) is 0. The highest BCUT2D eigenvalue weighted by atomic mass is 31.0. The Balaban J connectivity index is 3.39. The van der Waals surface area contributed by atoms with Gasteiger partial charge in [0.2, 0.25) is 16.9 Å². The zero-order valence-electron chi connectivity index (χ0n) is 5.40. The van der Waals surface area contributed by atoms with E-state index in [1.807, 2.05) is 9.47 Å². The first-order chi connectivity index (χ1) is 5.29. The van der Waals surface area contributed by atoms with Gasteiger partial charge in [0.05, 0.1) is 15.7 Å². The van der Waals surface area contributed by atoms with Crippen LogP contribution in [0.3, 0.4) is 0 Å². The molecule has 1 heterocycles. The number of nitriles is 1. The van der Waals surface area contributed by atoms with Gasteiger partial charge in [-0.2, -0.15) is 5.26 Å². The van der Waals surface area contributed by atoms with E-state index in [9.17, 15) is 4.79 Å². The maximum absolute atomic E-state index is 10.9. The number of rotatable bonds is 1. The lowest BCUT2D eigenvalue weighted by molar-refractivity contribution is 0.495. The predicted molar refractivity (Wildman–Crippen MR) is 40.0 cm³/mol. The van der Waals surface area contributed by atoms with E-state index < -0.39 is 0 Å². The van der Waals surface area contributed by atoms with Crippen LogP contribution in [0, 0.1) is 11.3 Å². The number of hydrogen-bond donors (Lipinski definition) is 0. The third-order valence-corrected chi connectivity index (χ3v) is 1.29. The molecule has 0 aliphatic carbocycles. The average molecular weight is 169 g/mol. The van der Waals surface area contributed by atoms with Crippen LogP contribution >= 0.6 is 9.47 Å². The van der Waals surface area contributed by atoms with Gasteiger partial charge in [-0.25, -0.2) is 0 Å². The predicted octanol–water partition coefficient (Wildman–Crippen LogP) is 0.680. The van der Waals surface area contributed by atoms with Crippen molar-refractivity contribution in [1.29, 1.82) is 5.26 Å². The highest BCUT2D eigenvalue weighted by Crippen LogP contribution is 2.12. The molecule has 0 aliphatic heterocycles. The Hall–Kier alpha value is -1.33. The van der Waals surface area contributed by atoms with Gasteiger partial charge in [0.1, 0.15) is 6.07 Å². The number of nitrogens with zero attached hydrogens (tertiary/aromatic N) is 1. The zero-order chi connectivity index (χ0) is 8.27. The van der Waals surface area contributed by atoms with Gasteiger partial charge in [0.15, 0.2) is 0 Å². The van der Waals surface area contributed by atoms with Crippen LogP contribution in [-0.2, 0) is 0 Å². The molecule has 0 radical (unpaired) electrons. The molecule has 0 fully saturated rings. The summed E-state index contributed by atoms with van der Waals surface area (Å²) >= 11 is 0. The molecule has 0 bridgehead atoms. The topological polar surface area (TPSA) is 63.2 Å². The summed E-state index contributed by atoms with van der Waals surface area (Å²) in [5.41, 5.74) is -0.372. The molecule has 1 unspecified atom stereocenters. The summed E-state index contributed by atoms with van der Waals surface area (Å²) in [5, 5.41) is 8.40. The zero-order valence-corrected chi connectivity index (χ0v) is 6.56. The molecule has 1 aromatic heterocycles. The molecule has 0 aromatic carbocycles.